The molecule has 0 aliphatic rings. The molecule has 0 bridgehead atoms. The fourth-order valence-electron chi connectivity index (χ4n) is 3.80. The van der Waals surface area contributed by atoms with Gasteiger partial charge in [0.25, 0.3) is 11.8 Å². The molecule has 2 amide bonds. The summed E-state index contributed by atoms with van der Waals surface area (Å²) in [7, 11) is 1.55. The summed E-state index contributed by atoms with van der Waals surface area (Å²) in [6, 6.07) is 20.0. The topological polar surface area (TPSA) is 111 Å². The summed E-state index contributed by atoms with van der Waals surface area (Å²) in [6.45, 7) is 1.79. The molecular weight excluding hydrogens is 448 g/mol. The number of fused-ring (bicyclic) bond motifs is 2. The van der Waals surface area contributed by atoms with Gasteiger partial charge in [-0.1, -0.05) is 24.3 Å². The molecular formula is C27H20N2O6. The molecule has 35 heavy (non-hydrogen) atoms. The Morgan fingerprint density at radius 3 is 2.34 bits per heavy atom. The van der Waals surface area contributed by atoms with Crippen LogP contribution in [0.4, 0.5) is 11.4 Å². The number of para-hydroxylation sites is 2. The lowest BCUT2D eigenvalue weighted by Gasteiger charge is -2.08. The molecule has 2 aromatic heterocycles. The van der Waals surface area contributed by atoms with Gasteiger partial charge in [-0.25, -0.2) is 0 Å². The third-order valence-electron chi connectivity index (χ3n) is 5.56. The molecule has 5 aromatic rings. The van der Waals surface area contributed by atoms with Crippen LogP contribution in [0.5, 0.6) is 5.75 Å². The smallest absolute Gasteiger partial charge is 0.293 e. The van der Waals surface area contributed by atoms with Crippen LogP contribution in [0.2, 0.25) is 0 Å². The van der Waals surface area contributed by atoms with E-state index in [2.05, 4.69) is 10.6 Å². The molecule has 0 aliphatic carbocycles. The molecule has 174 valence electrons. The lowest BCUT2D eigenvalue weighted by molar-refractivity contribution is 0.0996. The number of ether oxygens (including phenoxy) is 1. The lowest BCUT2D eigenvalue weighted by atomic mass is 10.1. The fourth-order valence-corrected chi connectivity index (χ4v) is 3.80. The van der Waals surface area contributed by atoms with Crippen molar-refractivity contribution in [3.05, 3.63) is 100 Å². The number of hydrogen-bond donors (Lipinski definition) is 2. The Morgan fingerprint density at radius 1 is 0.829 bits per heavy atom. The molecule has 0 aliphatic heterocycles. The maximum Gasteiger partial charge on any atom is 0.293 e. The van der Waals surface area contributed by atoms with E-state index >= 15 is 0 Å². The van der Waals surface area contributed by atoms with E-state index in [1.54, 1.807) is 80.8 Å². The van der Waals surface area contributed by atoms with E-state index in [1.807, 2.05) is 0 Å². The predicted molar refractivity (Wildman–Crippen MR) is 132 cm³/mol. The van der Waals surface area contributed by atoms with Crippen molar-refractivity contribution >= 4 is 45.1 Å². The molecule has 0 saturated heterocycles. The third kappa shape index (κ3) is 4.13. The zero-order chi connectivity index (χ0) is 24.5. The Labute approximate surface area is 199 Å². The average Bonchev–Trinajstić information content (AvgIpc) is 3.23. The van der Waals surface area contributed by atoms with Gasteiger partial charge >= 0.3 is 0 Å². The molecule has 0 spiro atoms. The van der Waals surface area contributed by atoms with Crippen LogP contribution in [-0.4, -0.2) is 18.9 Å². The molecule has 8 heteroatoms. The monoisotopic (exact) mass is 468 g/mol. The van der Waals surface area contributed by atoms with Crippen molar-refractivity contribution < 1.29 is 23.2 Å². The number of rotatable bonds is 5. The number of carbonyl (C=O) groups excluding carboxylic acids is 2. The zero-order valence-electron chi connectivity index (χ0n) is 18.9. The van der Waals surface area contributed by atoms with Crippen LogP contribution in [-0.2, 0) is 0 Å². The minimum atomic E-state index is -0.683. The normalized spacial score (nSPS) is 10.9. The molecule has 2 heterocycles. The molecule has 0 unspecified atom stereocenters. The Balaban J connectivity index is 1.51. The lowest BCUT2D eigenvalue weighted by Crippen LogP contribution is -2.18. The first-order chi connectivity index (χ1) is 16.9. The van der Waals surface area contributed by atoms with Gasteiger partial charge < -0.3 is 24.2 Å². The number of amides is 2. The van der Waals surface area contributed by atoms with Gasteiger partial charge in [0.2, 0.25) is 5.76 Å². The van der Waals surface area contributed by atoms with Gasteiger partial charge in [0.05, 0.1) is 12.5 Å². The van der Waals surface area contributed by atoms with E-state index in [0.29, 0.717) is 33.4 Å². The maximum atomic E-state index is 13.1. The molecule has 2 N–H and O–H groups in total. The second kappa shape index (κ2) is 8.83. The van der Waals surface area contributed by atoms with Crippen LogP contribution in [0, 0.1) is 6.92 Å². The minimum absolute atomic E-state index is 0.0883. The van der Waals surface area contributed by atoms with Crippen molar-refractivity contribution in [2.75, 3.05) is 17.7 Å². The van der Waals surface area contributed by atoms with Gasteiger partial charge in [0, 0.05) is 17.1 Å². The highest BCUT2D eigenvalue weighted by molar-refractivity contribution is 6.16. The largest absolute Gasteiger partial charge is 0.497 e. The van der Waals surface area contributed by atoms with E-state index < -0.39 is 11.8 Å². The van der Waals surface area contributed by atoms with E-state index in [0.717, 1.165) is 11.6 Å². The van der Waals surface area contributed by atoms with Gasteiger partial charge in [-0.3, -0.25) is 14.4 Å². The highest BCUT2D eigenvalue weighted by atomic mass is 16.5. The van der Waals surface area contributed by atoms with Gasteiger partial charge in [0.15, 0.2) is 11.2 Å². The highest BCUT2D eigenvalue weighted by Gasteiger charge is 2.24. The Hall–Kier alpha value is -4.85. The SMILES string of the molecule is COc1ccc(NC(=O)c2oc3ccccc3c2NC(=O)c2cc(=O)c3cccc(C)c3o2)cc1. The molecule has 3 aromatic carbocycles. The van der Waals surface area contributed by atoms with Crippen molar-refractivity contribution in [2.45, 2.75) is 6.92 Å². The second-order valence-corrected chi connectivity index (χ2v) is 7.87. The van der Waals surface area contributed by atoms with Crippen molar-refractivity contribution in [2.24, 2.45) is 0 Å². The van der Waals surface area contributed by atoms with Crippen LogP contribution in [0.1, 0.15) is 26.7 Å². The van der Waals surface area contributed by atoms with Crippen LogP contribution in [0.3, 0.4) is 0 Å². The summed E-state index contributed by atoms with van der Waals surface area (Å²) in [4.78, 5) is 38.8. The summed E-state index contributed by atoms with van der Waals surface area (Å²) in [5.41, 5.74) is 1.82. The first-order valence-corrected chi connectivity index (χ1v) is 10.8. The van der Waals surface area contributed by atoms with Crippen LogP contribution in [0.25, 0.3) is 21.9 Å². The molecule has 0 fully saturated rings. The number of hydrogen-bond acceptors (Lipinski definition) is 6. The van der Waals surface area contributed by atoms with Crippen molar-refractivity contribution in [1.29, 1.82) is 0 Å². The molecule has 0 atom stereocenters. The summed E-state index contributed by atoms with van der Waals surface area (Å²) < 4.78 is 16.7. The number of benzene rings is 3. The average molecular weight is 468 g/mol. The minimum Gasteiger partial charge on any atom is -0.497 e. The second-order valence-electron chi connectivity index (χ2n) is 7.87. The van der Waals surface area contributed by atoms with E-state index in [9.17, 15) is 14.4 Å². The number of aryl methyl sites for hydroxylation is 1. The number of furan rings is 1. The summed E-state index contributed by atoms with van der Waals surface area (Å²) in [5, 5.41) is 6.36. The van der Waals surface area contributed by atoms with E-state index in [1.165, 1.54) is 0 Å². The van der Waals surface area contributed by atoms with Crippen LogP contribution >= 0.6 is 0 Å². The van der Waals surface area contributed by atoms with Crippen molar-refractivity contribution in [3.8, 4) is 5.75 Å². The van der Waals surface area contributed by atoms with Gasteiger partial charge in [-0.15, -0.1) is 0 Å². The number of anilines is 2. The number of nitrogens with one attached hydrogen (secondary N) is 2. The van der Waals surface area contributed by atoms with E-state index in [-0.39, 0.29) is 22.6 Å². The molecule has 8 nitrogen and oxygen atoms in total. The molecule has 0 saturated carbocycles. The number of methoxy groups -OCH3 is 1. The quantitative estimate of drug-likeness (QED) is 0.359. The zero-order valence-corrected chi connectivity index (χ0v) is 18.9. The molecule has 5 rings (SSSR count). The summed E-state index contributed by atoms with van der Waals surface area (Å²) in [6.07, 6.45) is 0. The summed E-state index contributed by atoms with van der Waals surface area (Å²) in [5.74, 6) is -0.861. The first-order valence-electron chi connectivity index (χ1n) is 10.8. The highest BCUT2D eigenvalue weighted by Crippen LogP contribution is 2.32. The standard InChI is InChI=1S/C27H20N2O6/c1-15-6-5-8-18-20(30)14-22(35-24(15)18)26(31)29-23-19-7-3-4-9-21(19)34-25(23)27(32)28-16-10-12-17(33-2)13-11-16/h3-14H,1-2H3,(H,28,32)(H,29,31). The third-order valence-corrected chi connectivity index (χ3v) is 5.56. The summed E-state index contributed by atoms with van der Waals surface area (Å²) >= 11 is 0. The Morgan fingerprint density at radius 2 is 1.57 bits per heavy atom. The fraction of sp³-hybridized carbons (Fsp3) is 0.0741. The van der Waals surface area contributed by atoms with Gasteiger partial charge in [-0.2, -0.15) is 0 Å². The molecule has 0 radical (unpaired) electrons. The maximum absolute atomic E-state index is 13.1. The Bertz CT molecular complexity index is 1650. The number of carbonyl (C=O) groups is 2. The van der Waals surface area contributed by atoms with Gasteiger partial charge in [0.1, 0.15) is 22.6 Å². The van der Waals surface area contributed by atoms with Crippen molar-refractivity contribution in [1.82, 2.24) is 0 Å². The van der Waals surface area contributed by atoms with E-state index in [4.69, 9.17) is 13.6 Å². The van der Waals surface area contributed by atoms with Crippen LogP contribution < -0.4 is 20.8 Å². The predicted octanol–water partition coefficient (Wildman–Crippen LogP) is 5.36. The van der Waals surface area contributed by atoms with Gasteiger partial charge in [-0.05, 0) is 55.0 Å². The van der Waals surface area contributed by atoms with Crippen molar-refractivity contribution in [3.63, 3.8) is 0 Å². The van der Waals surface area contributed by atoms with Crippen LogP contribution in [0.15, 0.2) is 86.4 Å². The first kappa shape index (κ1) is 22.0. The Kier molecular flexibility index (Phi) is 5.54.